The molecule has 1 unspecified atom stereocenters. The zero-order chi connectivity index (χ0) is 18.6. The average molecular weight is 378 g/mol. The third kappa shape index (κ3) is 2.42. The molecule has 2 aromatic heterocycles. The Morgan fingerprint density at radius 2 is 2.19 bits per heavy atom. The lowest BCUT2D eigenvalue weighted by Crippen LogP contribution is -2.41. The molecule has 1 amide bonds. The standard InChI is InChI=1S/C17H16F2N4O2S/c1-7-9(18)4-10(19)13-12(7)21-16(22-13)17(24)23-5-11(25-3)14-15(8(23)2)26-6-20-14/h4,6,8,11H,5H2,1-3H3,(H,21,22)/t8-,11?/m1/s1. The number of ether oxygens (including phenoxy) is 1. The zero-order valence-electron chi connectivity index (χ0n) is 14.3. The quantitative estimate of drug-likeness (QED) is 0.741. The number of methoxy groups -OCH3 is 1. The lowest BCUT2D eigenvalue weighted by atomic mass is 10.0. The van der Waals surface area contributed by atoms with E-state index in [1.54, 1.807) is 17.5 Å². The predicted molar refractivity (Wildman–Crippen MR) is 92.1 cm³/mol. The highest BCUT2D eigenvalue weighted by atomic mass is 32.1. The highest BCUT2D eigenvalue weighted by Crippen LogP contribution is 2.38. The van der Waals surface area contributed by atoms with Gasteiger partial charge in [0, 0.05) is 18.7 Å². The van der Waals surface area contributed by atoms with Crippen molar-refractivity contribution < 1.29 is 18.3 Å². The number of hydrogen-bond acceptors (Lipinski definition) is 5. The van der Waals surface area contributed by atoms with E-state index in [1.807, 2.05) is 6.92 Å². The SMILES string of the molecule is COC1CN(C(=O)c2nc3c(F)cc(F)c(C)c3[nH]2)[C@H](C)c2scnc21. The summed E-state index contributed by atoms with van der Waals surface area (Å²) in [6.07, 6.45) is -0.336. The van der Waals surface area contributed by atoms with Gasteiger partial charge in [-0.15, -0.1) is 11.3 Å². The van der Waals surface area contributed by atoms with E-state index in [0.29, 0.717) is 6.54 Å². The maximum Gasteiger partial charge on any atom is 0.290 e. The Morgan fingerprint density at radius 3 is 2.92 bits per heavy atom. The Kier molecular flexibility index (Phi) is 4.00. The first-order chi connectivity index (χ1) is 12.4. The van der Waals surface area contributed by atoms with Crippen LogP contribution in [0.4, 0.5) is 8.78 Å². The second kappa shape index (κ2) is 6.10. The second-order valence-electron chi connectivity index (χ2n) is 6.23. The molecule has 1 aliphatic rings. The summed E-state index contributed by atoms with van der Waals surface area (Å²) in [4.78, 5) is 26.8. The van der Waals surface area contributed by atoms with Crippen LogP contribution >= 0.6 is 11.3 Å². The van der Waals surface area contributed by atoms with Gasteiger partial charge in [-0.3, -0.25) is 4.79 Å². The van der Waals surface area contributed by atoms with Crippen LogP contribution < -0.4 is 0 Å². The first kappa shape index (κ1) is 17.0. The van der Waals surface area contributed by atoms with Gasteiger partial charge in [-0.1, -0.05) is 0 Å². The number of nitrogens with one attached hydrogen (secondary N) is 1. The van der Waals surface area contributed by atoms with Gasteiger partial charge in [0.25, 0.3) is 5.91 Å². The molecule has 6 nitrogen and oxygen atoms in total. The van der Waals surface area contributed by atoms with Crippen LogP contribution in [0.25, 0.3) is 11.0 Å². The van der Waals surface area contributed by atoms with Crippen LogP contribution in [0.3, 0.4) is 0 Å². The minimum absolute atomic E-state index is 0.0257. The minimum atomic E-state index is -0.801. The number of amides is 1. The number of aryl methyl sites for hydroxylation is 1. The van der Waals surface area contributed by atoms with Crippen molar-refractivity contribution in [3.05, 3.63) is 45.2 Å². The summed E-state index contributed by atoms with van der Waals surface area (Å²) < 4.78 is 33.2. The van der Waals surface area contributed by atoms with Crippen molar-refractivity contribution >= 4 is 28.3 Å². The molecule has 0 fully saturated rings. The number of H-pyrrole nitrogens is 1. The fraction of sp³-hybridized carbons (Fsp3) is 0.353. The highest BCUT2D eigenvalue weighted by Gasteiger charge is 2.37. The molecule has 1 aromatic carbocycles. The number of aromatic amines is 1. The van der Waals surface area contributed by atoms with Gasteiger partial charge in [0.15, 0.2) is 11.6 Å². The molecule has 2 atom stereocenters. The van der Waals surface area contributed by atoms with Crippen LogP contribution in [0.15, 0.2) is 11.6 Å². The molecule has 1 N–H and O–H groups in total. The first-order valence-corrected chi connectivity index (χ1v) is 8.91. The van der Waals surface area contributed by atoms with Crippen LogP contribution in [-0.2, 0) is 4.74 Å². The Bertz CT molecular complexity index is 1020. The molecule has 0 saturated carbocycles. The second-order valence-corrected chi connectivity index (χ2v) is 7.12. The molecule has 4 rings (SSSR count). The van der Waals surface area contributed by atoms with E-state index < -0.39 is 17.5 Å². The highest BCUT2D eigenvalue weighted by molar-refractivity contribution is 7.09. The number of rotatable bonds is 2. The molecular formula is C17H16F2N4O2S. The Balaban J connectivity index is 1.75. The third-order valence-electron chi connectivity index (χ3n) is 4.80. The molecule has 26 heavy (non-hydrogen) atoms. The molecule has 0 bridgehead atoms. The first-order valence-electron chi connectivity index (χ1n) is 8.03. The summed E-state index contributed by atoms with van der Waals surface area (Å²) >= 11 is 1.46. The largest absolute Gasteiger partial charge is 0.373 e. The van der Waals surface area contributed by atoms with Crippen LogP contribution in [-0.4, -0.2) is 39.4 Å². The van der Waals surface area contributed by atoms with E-state index >= 15 is 0 Å². The summed E-state index contributed by atoms with van der Waals surface area (Å²) in [5.74, 6) is -1.90. The summed E-state index contributed by atoms with van der Waals surface area (Å²) in [5, 5.41) is 0. The molecule has 0 aliphatic carbocycles. The zero-order valence-corrected chi connectivity index (χ0v) is 15.2. The summed E-state index contributed by atoms with van der Waals surface area (Å²) in [6.45, 7) is 3.71. The van der Waals surface area contributed by atoms with Crippen LogP contribution in [0.1, 0.15) is 45.8 Å². The fourth-order valence-corrected chi connectivity index (χ4v) is 4.20. The van der Waals surface area contributed by atoms with Crippen molar-refractivity contribution in [2.24, 2.45) is 0 Å². The van der Waals surface area contributed by atoms with Crippen molar-refractivity contribution in [1.29, 1.82) is 0 Å². The van der Waals surface area contributed by atoms with Crippen molar-refractivity contribution in [2.45, 2.75) is 26.0 Å². The number of carbonyl (C=O) groups is 1. The van der Waals surface area contributed by atoms with E-state index in [2.05, 4.69) is 15.0 Å². The molecular weight excluding hydrogens is 362 g/mol. The third-order valence-corrected chi connectivity index (χ3v) is 5.82. The van der Waals surface area contributed by atoms with Gasteiger partial charge in [-0.25, -0.2) is 18.7 Å². The van der Waals surface area contributed by atoms with Gasteiger partial charge in [0.2, 0.25) is 0 Å². The van der Waals surface area contributed by atoms with Crippen molar-refractivity contribution in [2.75, 3.05) is 13.7 Å². The summed E-state index contributed by atoms with van der Waals surface area (Å²) in [7, 11) is 1.56. The van der Waals surface area contributed by atoms with Crippen molar-refractivity contribution in [3.63, 3.8) is 0 Å². The van der Waals surface area contributed by atoms with E-state index in [-0.39, 0.29) is 34.6 Å². The smallest absolute Gasteiger partial charge is 0.290 e. The number of thiazole rings is 1. The average Bonchev–Trinajstić information content (AvgIpc) is 3.27. The monoisotopic (exact) mass is 378 g/mol. The minimum Gasteiger partial charge on any atom is -0.373 e. The number of hydrogen-bond donors (Lipinski definition) is 1. The number of imidazole rings is 1. The topological polar surface area (TPSA) is 71.1 Å². The number of nitrogens with zero attached hydrogens (tertiary/aromatic N) is 3. The van der Waals surface area contributed by atoms with E-state index in [1.165, 1.54) is 18.3 Å². The van der Waals surface area contributed by atoms with Crippen LogP contribution in [0, 0.1) is 18.6 Å². The molecule has 136 valence electrons. The van der Waals surface area contributed by atoms with Crippen molar-refractivity contribution in [1.82, 2.24) is 19.9 Å². The predicted octanol–water partition coefficient (Wildman–Crippen LogP) is 3.51. The molecule has 1 aliphatic heterocycles. The van der Waals surface area contributed by atoms with Gasteiger partial charge >= 0.3 is 0 Å². The Hall–Kier alpha value is -2.39. The number of aromatic nitrogens is 3. The lowest BCUT2D eigenvalue weighted by Gasteiger charge is -2.35. The molecule has 3 aromatic rings. The Morgan fingerprint density at radius 1 is 1.42 bits per heavy atom. The fourth-order valence-electron chi connectivity index (χ4n) is 3.29. The van der Waals surface area contributed by atoms with Gasteiger partial charge in [0.1, 0.15) is 17.4 Å². The normalized spacial score (nSPS) is 19.8. The number of fused-ring (bicyclic) bond motifs is 2. The molecule has 3 heterocycles. The molecule has 0 spiro atoms. The number of halogens is 2. The molecule has 9 heteroatoms. The number of carbonyl (C=O) groups excluding carboxylic acids is 1. The van der Waals surface area contributed by atoms with Gasteiger partial charge < -0.3 is 14.6 Å². The molecule has 0 radical (unpaired) electrons. The van der Waals surface area contributed by atoms with Gasteiger partial charge in [0.05, 0.1) is 34.2 Å². The van der Waals surface area contributed by atoms with Crippen molar-refractivity contribution in [3.8, 4) is 0 Å². The van der Waals surface area contributed by atoms with Gasteiger partial charge in [-0.05, 0) is 13.8 Å². The number of benzene rings is 1. The van der Waals surface area contributed by atoms with E-state index in [9.17, 15) is 13.6 Å². The van der Waals surface area contributed by atoms with E-state index in [4.69, 9.17) is 4.74 Å². The van der Waals surface area contributed by atoms with Gasteiger partial charge in [-0.2, -0.15) is 0 Å². The maximum atomic E-state index is 14.0. The lowest BCUT2D eigenvalue weighted by molar-refractivity contribution is 0.0267. The summed E-state index contributed by atoms with van der Waals surface area (Å²) in [6, 6.07) is 0.563. The summed E-state index contributed by atoms with van der Waals surface area (Å²) in [5.41, 5.74) is 2.93. The van der Waals surface area contributed by atoms with Crippen LogP contribution in [0.5, 0.6) is 0 Å². The van der Waals surface area contributed by atoms with Crippen LogP contribution in [0.2, 0.25) is 0 Å². The van der Waals surface area contributed by atoms with E-state index in [0.717, 1.165) is 16.6 Å². The molecule has 0 saturated heterocycles. The maximum absolute atomic E-state index is 14.0. The Labute approximate surface area is 151 Å².